The summed E-state index contributed by atoms with van der Waals surface area (Å²) in [6.07, 6.45) is 0. The molecule has 0 amide bonds. The number of carbonyl (C=O) groups is 1. The first kappa shape index (κ1) is 13.9. The van der Waals surface area contributed by atoms with E-state index in [4.69, 9.17) is 16.3 Å². The van der Waals surface area contributed by atoms with E-state index in [-0.39, 0.29) is 17.2 Å². The van der Waals surface area contributed by atoms with Crippen molar-refractivity contribution in [3.63, 3.8) is 0 Å². The highest BCUT2D eigenvalue weighted by Crippen LogP contribution is 2.31. The van der Waals surface area contributed by atoms with E-state index in [1.807, 2.05) is 0 Å². The third kappa shape index (κ3) is 2.75. The van der Waals surface area contributed by atoms with Gasteiger partial charge in [0, 0.05) is 17.4 Å². The van der Waals surface area contributed by atoms with Crippen molar-refractivity contribution in [3.8, 4) is 5.75 Å². The van der Waals surface area contributed by atoms with E-state index < -0.39 is 22.8 Å². The third-order valence-corrected chi connectivity index (χ3v) is 3.07. The second-order valence-electron chi connectivity index (χ2n) is 4.32. The maximum atomic E-state index is 13.4. The first-order chi connectivity index (χ1) is 7.83. The van der Waals surface area contributed by atoms with Crippen LogP contribution in [0.4, 0.5) is 8.78 Å². The van der Waals surface area contributed by atoms with Crippen molar-refractivity contribution in [1.82, 2.24) is 0 Å². The molecule has 0 aliphatic carbocycles. The van der Waals surface area contributed by atoms with E-state index in [1.165, 1.54) is 7.11 Å². The number of halogens is 3. The maximum absolute atomic E-state index is 13.4. The molecule has 2 nitrogen and oxygen atoms in total. The molecule has 1 aromatic carbocycles. The fourth-order valence-corrected chi connectivity index (χ4v) is 1.48. The number of rotatable bonds is 4. The maximum Gasteiger partial charge on any atom is 0.173 e. The first-order valence-electron chi connectivity index (χ1n) is 4.97. The molecule has 0 heterocycles. The molecule has 0 N–H and O–H groups in total. The summed E-state index contributed by atoms with van der Waals surface area (Å²) in [5.41, 5.74) is -1.04. The van der Waals surface area contributed by atoms with Crippen molar-refractivity contribution >= 4 is 17.4 Å². The standard InChI is InChI=1S/C12H13ClF2O2/c1-12(2,6-13)11(16)8-4-7(14)5-9(15)10(8)17-3/h4-5H,6H2,1-3H3. The summed E-state index contributed by atoms with van der Waals surface area (Å²) in [6, 6.07) is 1.63. The number of benzene rings is 1. The van der Waals surface area contributed by atoms with Gasteiger partial charge in [-0.3, -0.25) is 4.79 Å². The Kier molecular flexibility index (Phi) is 4.09. The van der Waals surface area contributed by atoms with Gasteiger partial charge in [-0.1, -0.05) is 13.8 Å². The number of hydrogen-bond acceptors (Lipinski definition) is 2. The summed E-state index contributed by atoms with van der Waals surface area (Å²) in [5.74, 6) is -2.39. The van der Waals surface area contributed by atoms with Crippen LogP contribution in [-0.2, 0) is 0 Å². The predicted octanol–water partition coefficient (Wildman–Crippen LogP) is 3.42. The quantitative estimate of drug-likeness (QED) is 0.614. The van der Waals surface area contributed by atoms with Crippen LogP contribution in [0.1, 0.15) is 24.2 Å². The molecule has 1 rings (SSSR count). The lowest BCUT2D eigenvalue weighted by atomic mass is 9.86. The smallest absolute Gasteiger partial charge is 0.173 e. The Bertz CT molecular complexity index is 444. The molecule has 0 saturated carbocycles. The zero-order valence-electron chi connectivity index (χ0n) is 9.81. The normalized spacial score (nSPS) is 11.4. The summed E-state index contributed by atoms with van der Waals surface area (Å²) in [7, 11) is 1.22. The summed E-state index contributed by atoms with van der Waals surface area (Å²) in [6.45, 7) is 3.20. The van der Waals surface area contributed by atoms with Crippen LogP contribution in [0, 0.1) is 17.0 Å². The van der Waals surface area contributed by atoms with Crippen molar-refractivity contribution in [2.75, 3.05) is 13.0 Å². The van der Waals surface area contributed by atoms with Gasteiger partial charge in [-0.2, -0.15) is 0 Å². The molecule has 0 atom stereocenters. The summed E-state index contributed by atoms with van der Waals surface area (Å²) >= 11 is 5.66. The van der Waals surface area contributed by atoms with Crippen molar-refractivity contribution in [3.05, 3.63) is 29.3 Å². The molecule has 0 unspecified atom stereocenters. The largest absolute Gasteiger partial charge is 0.493 e. The summed E-state index contributed by atoms with van der Waals surface area (Å²) in [5, 5.41) is 0. The zero-order valence-corrected chi connectivity index (χ0v) is 10.6. The van der Waals surface area contributed by atoms with Crippen molar-refractivity contribution < 1.29 is 18.3 Å². The zero-order chi connectivity index (χ0) is 13.2. The van der Waals surface area contributed by atoms with Crippen LogP contribution in [-0.4, -0.2) is 18.8 Å². The lowest BCUT2D eigenvalue weighted by Gasteiger charge is -2.21. The first-order valence-corrected chi connectivity index (χ1v) is 5.50. The molecule has 0 radical (unpaired) electrons. The molecule has 1 aromatic rings. The number of ketones is 1. The van der Waals surface area contributed by atoms with Crippen LogP contribution in [0.5, 0.6) is 5.75 Å². The third-order valence-electron chi connectivity index (χ3n) is 2.41. The van der Waals surface area contributed by atoms with Crippen LogP contribution < -0.4 is 4.74 Å². The van der Waals surface area contributed by atoms with Gasteiger partial charge in [0.25, 0.3) is 0 Å². The average Bonchev–Trinajstić information content (AvgIpc) is 2.27. The molecule has 17 heavy (non-hydrogen) atoms. The molecule has 0 spiro atoms. The lowest BCUT2D eigenvalue weighted by molar-refractivity contribution is 0.0857. The van der Waals surface area contributed by atoms with Crippen molar-refractivity contribution in [2.45, 2.75) is 13.8 Å². The van der Waals surface area contributed by atoms with Crippen LogP contribution in [0.25, 0.3) is 0 Å². The van der Waals surface area contributed by atoms with Gasteiger partial charge in [0.1, 0.15) is 5.82 Å². The highest BCUT2D eigenvalue weighted by Gasteiger charge is 2.31. The van der Waals surface area contributed by atoms with Gasteiger partial charge < -0.3 is 4.74 Å². The number of alkyl halides is 1. The van der Waals surface area contributed by atoms with Crippen LogP contribution in [0.3, 0.4) is 0 Å². The number of carbonyl (C=O) groups excluding carboxylic acids is 1. The van der Waals surface area contributed by atoms with Gasteiger partial charge in [-0.05, 0) is 6.07 Å². The van der Waals surface area contributed by atoms with Crippen molar-refractivity contribution in [2.24, 2.45) is 5.41 Å². The van der Waals surface area contributed by atoms with Crippen LogP contribution in [0.15, 0.2) is 12.1 Å². The van der Waals surface area contributed by atoms with E-state index >= 15 is 0 Å². The highest BCUT2D eigenvalue weighted by atomic mass is 35.5. The molecule has 0 bridgehead atoms. The van der Waals surface area contributed by atoms with E-state index in [0.29, 0.717) is 6.07 Å². The Hall–Kier alpha value is -1.16. The van der Waals surface area contributed by atoms with Crippen LogP contribution >= 0.6 is 11.6 Å². The molecule has 0 aliphatic heterocycles. The molecule has 0 aliphatic rings. The Morgan fingerprint density at radius 2 is 2.00 bits per heavy atom. The van der Waals surface area contributed by atoms with Gasteiger partial charge >= 0.3 is 0 Å². The monoisotopic (exact) mass is 262 g/mol. The van der Waals surface area contributed by atoms with Gasteiger partial charge in [0.05, 0.1) is 12.7 Å². The lowest BCUT2D eigenvalue weighted by Crippen LogP contribution is -2.27. The van der Waals surface area contributed by atoms with E-state index in [9.17, 15) is 13.6 Å². The molecule has 0 saturated heterocycles. The number of hydrogen-bond donors (Lipinski definition) is 0. The molecule has 0 aromatic heterocycles. The average molecular weight is 263 g/mol. The Balaban J connectivity index is 3.35. The fraction of sp³-hybridized carbons (Fsp3) is 0.417. The Morgan fingerprint density at radius 1 is 1.41 bits per heavy atom. The fourth-order valence-electron chi connectivity index (χ4n) is 1.36. The summed E-state index contributed by atoms with van der Waals surface area (Å²) in [4.78, 5) is 12.1. The SMILES string of the molecule is COc1c(F)cc(F)cc1C(=O)C(C)(C)CCl. The second-order valence-corrected chi connectivity index (χ2v) is 4.58. The summed E-state index contributed by atoms with van der Waals surface area (Å²) < 4.78 is 31.3. The molecular formula is C12H13ClF2O2. The van der Waals surface area contributed by atoms with E-state index in [1.54, 1.807) is 13.8 Å². The number of ether oxygens (including phenoxy) is 1. The van der Waals surface area contributed by atoms with Crippen molar-refractivity contribution in [1.29, 1.82) is 0 Å². The number of methoxy groups -OCH3 is 1. The minimum absolute atomic E-state index is 0.0487. The molecule has 94 valence electrons. The molecule has 5 heteroatoms. The topological polar surface area (TPSA) is 26.3 Å². The van der Waals surface area contributed by atoms with Gasteiger partial charge in [-0.15, -0.1) is 11.6 Å². The minimum atomic E-state index is -0.908. The van der Waals surface area contributed by atoms with Crippen LogP contribution in [0.2, 0.25) is 0 Å². The predicted molar refractivity (Wildman–Crippen MR) is 61.7 cm³/mol. The Labute approximate surface area is 104 Å². The van der Waals surface area contributed by atoms with Gasteiger partial charge in [0.2, 0.25) is 0 Å². The van der Waals surface area contributed by atoms with E-state index in [0.717, 1.165) is 6.07 Å². The second kappa shape index (κ2) is 5.00. The molecule has 0 fully saturated rings. The van der Waals surface area contributed by atoms with Gasteiger partial charge in [-0.25, -0.2) is 8.78 Å². The van der Waals surface area contributed by atoms with Gasteiger partial charge in [0.15, 0.2) is 17.3 Å². The molecular weight excluding hydrogens is 250 g/mol. The minimum Gasteiger partial charge on any atom is -0.493 e. The van der Waals surface area contributed by atoms with E-state index in [2.05, 4.69) is 0 Å². The number of Topliss-reactive ketones (excluding diaryl/α,β-unsaturated/α-hetero) is 1. The highest BCUT2D eigenvalue weighted by molar-refractivity contribution is 6.21. The Morgan fingerprint density at radius 3 is 2.47 bits per heavy atom.